The van der Waals surface area contributed by atoms with Gasteiger partial charge in [0.1, 0.15) is 12.4 Å². The second-order valence-corrected chi connectivity index (χ2v) is 8.25. The van der Waals surface area contributed by atoms with Crippen LogP contribution in [-0.2, 0) is 37.4 Å². The van der Waals surface area contributed by atoms with Crippen molar-refractivity contribution >= 4 is 5.91 Å². The predicted molar refractivity (Wildman–Crippen MR) is 111 cm³/mol. The molecule has 2 aromatic rings. The van der Waals surface area contributed by atoms with Crippen molar-refractivity contribution in [1.82, 2.24) is 24.6 Å². The Morgan fingerprint density at radius 1 is 0.931 bits per heavy atom. The molecule has 1 N–H and O–H groups in total. The maximum Gasteiger partial charge on any atom is 0.346 e. The zero-order valence-electron chi connectivity index (χ0n) is 17.1. The van der Waals surface area contributed by atoms with Crippen LogP contribution in [0.3, 0.4) is 0 Å². The Bertz CT molecular complexity index is 878. The van der Waals surface area contributed by atoms with Crippen LogP contribution in [0, 0.1) is 0 Å². The van der Waals surface area contributed by atoms with Gasteiger partial charge < -0.3 is 5.32 Å². The van der Waals surface area contributed by atoms with E-state index in [2.05, 4.69) is 39.6 Å². The van der Waals surface area contributed by atoms with Crippen molar-refractivity contribution < 1.29 is 4.79 Å². The summed E-state index contributed by atoms with van der Waals surface area (Å²) in [5.74, 6) is 0.627. The molecule has 4 rings (SSSR count). The number of carbonyl (C=O) groups is 1. The molecule has 0 aliphatic carbocycles. The molecule has 3 heterocycles. The second-order valence-electron chi connectivity index (χ2n) is 8.25. The average Bonchev–Trinajstić information content (AvgIpc) is 2.90. The van der Waals surface area contributed by atoms with Gasteiger partial charge in [-0.1, -0.05) is 37.1 Å². The predicted octanol–water partition coefficient (Wildman–Crippen LogP) is 2.07. The van der Waals surface area contributed by atoms with Crippen molar-refractivity contribution in [3.05, 3.63) is 51.7 Å². The molecule has 0 atom stereocenters. The minimum absolute atomic E-state index is 0.0219. The standard InChI is InChI=1S/C22H31N5O2/c28-21(17-27-22(29)26-14-6-1-3-7-20(26)24-27)23-15-18-8-10-19(11-9-18)16-25-12-4-2-5-13-25/h8-11H,1-7,12-17H2,(H,23,28). The van der Waals surface area contributed by atoms with Gasteiger partial charge in [-0.3, -0.25) is 14.3 Å². The fourth-order valence-electron chi connectivity index (χ4n) is 4.26. The molecule has 1 amide bonds. The number of benzene rings is 1. The van der Waals surface area contributed by atoms with Gasteiger partial charge in [-0.2, -0.15) is 5.10 Å². The average molecular weight is 398 g/mol. The number of amides is 1. The van der Waals surface area contributed by atoms with Crippen LogP contribution in [0.25, 0.3) is 0 Å². The van der Waals surface area contributed by atoms with E-state index in [1.165, 1.54) is 42.6 Å². The zero-order valence-corrected chi connectivity index (χ0v) is 17.1. The Balaban J connectivity index is 1.28. The molecule has 0 spiro atoms. The topological polar surface area (TPSA) is 72.2 Å². The summed E-state index contributed by atoms with van der Waals surface area (Å²) < 4.78 is 3.03. The van der Waals surface area contributed by atoms with Crippen LogP contribution in [-0.4, -0.2) is 38.2 Å². The quantitative estimate of drug-likeness (QED) is 0.810. The van der Waals surface area contributed by atoms with Gasteiger partial charge >= 0.3 is 5.69 Å². The van der Waals surface area contributed by atoms with Crippen molar-refractivity contribution in [3.63, 3.8) is 0 Å². The largest absolute Gasteiger partial charge is 0.350 e. The molecule has 1 saturated heterocycles. The molecule has 7 nitrogen and oxygen atoms in total. The van der Waals surface area contributed by atoms with E-state index >= 15 is 0 Å². The number of carbonyl (C=O) groups excluding carboxylic acids is 1. The molecule has 156 valence electrons. The third-order valence-corrected chi connectivity index (χ3v) is 5.94. The second kappa shape index (κ2) is 9.39. The van der Waals surface area contributed by atoms with E-state index in [9.17, 15) is 9.59 Å². The number of hydrogen-bond acceptors (Lipinski definition) is 4. The summed E-state index contributed by atoms with van der Waals surface area (Å²) in [6.45, 7) is 4.53. The molecule has 1 aromatic carbocycles. The van der Waals surface area contributed by atoms with Crippen molar-refractivity contribution in [2.75, 3.05) is 13.1 Å². The molecule has 7 heteroatoms. The third kappa shape index (κ3) is 5.15. The first-order valence-corrected chi connectivity index (χ1v) is 10.9. The number of likely N-dealkylation sites (tertiary alicyclic amines) is 1. The molecule has 1 aromatic heterocycles. The highest BCUT2D eigenvalue weighted by molar-refractivity contribution is 5.75. The molecule has 2 aliphatic heterocycles. The van der Waals surface area contributed by atoms with Gasteiger partial charge in [-0.25, -0.2) is 9.48 Å². The molecule has 0 unspecified atom stereocenters. The maximum atomic E-state index is 12.5. The van der Waals surface area contributed by atoms with E-state index in [1.807, 2.05) is 0 Å². The number of nitrogens with zero attached hydrogens (tertiary/aromatic N) is 4. The Morgan fingerprint density at radius 3 is 2.41 bits per heavy atom. The number of aryl methyl sites for hydroxylation is 1. The van der Waals surface area contributed by atoms with Crippen LogP contribution in [0.4, 0.5) is 0 Å². The van der Waals surface area contributed by atoms with E-state index in [4.69, 9.17) is 0 Å². The Morgan fingerprint density at radius 2 is 1.62 bits per heavy atom. The highest BCUT2D eigenvalue weighted by Gasteiger charge is 2.17. The number of nitrogens with one attached hydrogen (secondary N) is 1. The van der Waals surface area contributed by atoms with E-state index in [-0.39, 0.29) is 18.1 Å². The zero-order chi connectivity index (χ0) is 20.1. The smallest absolute Gasteiger partial charge is 0.346 e. The van der Waals surface area contributed by atoms with Crippen LogP contribution in [0.2, 0.25) is 0 Å². The van der Waals surface area contributed by atoms with Crippen molar-refractivity contribution in [1.29, 1.82) is 0 Å². The lowest BCUT2D eigenvalue weighted by Crippen LogP contribution is -2.33. The molecular weight excluding hydrogens is 366 g/mol. The molecule has 1 fully saturated rings. The Kier molecular flexibility index (Phi) is 6.44. The van der Waals surface area contributed by atoms with Crippen LogP contribution >= 0.6 is 0 Å². The van der Waals surface area contributed by atoms with Gasteiger partial charge in [-0.05, 0) is 49.9 Å². The van der Waals surface area contributed by atoms with Crippen LogP contribution < -0.4 is 11.0 Å². The van der Waals surface area contributed by atoms with E-state index in [0.29, 0.717) is 13.1 Å². The van der Waals surface area contributed by atoms with Crippen molar-refractivity contribution in [3.8, 4) is 0 Å². The summed E-state index contributed by atoms with van der Waals surface area (Å²) in [4.78, 5) is 27.3. The Hall–Kier alpha value is -2.41. The summed E-state index contributed by atoms with van der Waals surface area (Å²) in [6.07, 6.45) is 7.94. The lowest BCUT2D eigenvalue weighted by molar-refractivity contribution is -0.122. The first kappa shape index (κ1) is 19.9. The van der Waals surface area contributed by atoms with E-state index in [1.54, 1.807) is 4.57 Å². The minimum Gasteiger partial charge on any atom is -0.350 e. The fourth-order valence-corrected chi connectivity index (χ4v) is 4.26. The lowest BCUT2D eigenvalue weighted by atomic mass is 10.1. The summed E-state index contributed by atoms with van der Waals surface area (Å²) in [5, 5.41) is 7.28. The number of fused-ring (bicyclic) bond motifs is 1. The molecular formula is C22H31N5O2. The number of rotatable bonds is 6. The summed E-state index contributed by atoms with van der Waals surface area (Å²) >= 11 is 0. The van der Waals surface area contributed by atoms with Crippen LogP contribution in [0.5, 0.6) is 0 Å². The number of piperidine rings is 1. The highest BCUT2D eigenvalue weighted by atomic mass is 16.2. The SMILES string of the molecule is O=C(Cn1nc2n(c1=O)CCCCC2)NCc1ccc(CN2CCCCC2)cc1. The van der Waals surface area contributed by atoms with Crippen LogP contribution in [0.15, 0.2) is 29.1 Å². The molecule has 2 aliphatic rings. The van der Waals surface area contributed by atoms with Gasteiger partial charge in [0, 0.05) is 26.1 Å². The maximum absolute atomic E-state index is 12.5. The number of hydrogen-bond donors (Lipinski definition) is 1. The minimum atomic E-state index is -0.183. The molecule has 0 saturated carbocycles. The van der Waals surface area contributed by atoms with Gasteiger partial charge in [0.05, 0.1) is 0 Å². The molecule has 0 radical (unpaired) electrons. The third-order valence-electron chi connectivity index (χ3n) is 5.94. The number of aromatic nitrogens is 3. The summed E-state index contributed by atoms with van der Waals surface area (Å²) in [7, 11) is 0. The Labute approximate surface area is 171 Å². The van der Waals surface area contributed by atoms with Gasteiger partial charge in [0.25, 0.3) is 0 Å². The van der Waals surface area contributed by atoms with Gasteiger partial charge in [-0.15, -0.1) is 0 Å². The van der Waals surface area contributed by atoms with Crippen molar-refractivity contribution in [2.45, 2.75) is 71.1 Å². The monoisotopic (exact) mass is 397 g/mol. The molecule has 0 bridgehead atoms. The highest BCUT2D eigenvalue weighted by Crippen LogP contribution is 2.14. The van der Waals surface area contributed by atoms with Crippen LogP contribution in [0.1, 0.15) is 55.5 Å². The fraction of sp³-hybridized carbons (Fsp3) is 0.591. The lowest BCUT2D eigenvalue weighted by Gasteiger charge is -2.26. The van der Waals surface area contributed by atoms with E-state index < -0.39 is 0 Å². The first-order chi connectivity index (χ1) is 14.2. The van der Waals surface area contributed by atoms with Crippen molar-refractivity contribution in [2.24, 2.45) is 0 Å². The summed E-state index contributed by atoms with van der Waals surface area (Å²) in [5.41, 5.74) is 2.21. The van der Waals surface area contributed by atoms with E-state index in [0.717, 1.165) is 43.6 Å². The van der Waals surface area contributed by atoms with Gasteiger partial charge in [0.2, 0.25) is 5.91 Å². The van der Waals surface area contributed by atoms with Gasteiger partial charge in [0.15, 0.2) is 0 Å². The summed E-state index contributed by atoms with van der Waals surface area (Å²) in [6, 6.07) is 8.44. The first-order valence-electron chi connectivity index (χ1n) is 10.9. The molecule has 29 heavy (non-hydrogen) atoms. The normalized spacial score (nSPS) is 17.5.